The van der Waals surface area contributed by atoms with Crippen LogP contribution >= 0.6 is 0 Å². The lowest BCUT2D eigenvalue weighted by Gasteiger charge is -2.04. The first-order valence-corrected chi connectivity index (χ1v) is 7.18. The van der Waals surface area contributed by atoms with Crippen molar-refractivity contribution >= 4 is 5.91 Å². The highest BCUT2D eigenvalue weighted by Gasteiger charge is 2.08. The van der Waals surface area contributed by atoms with Gasteiger partial charge in [0.1, 0.15) is 0 Å². The van der Waals surface area contributed by atoms with Crippen LogP contribution in [0.4, 0.5) is 0 Å². The Kier molecular flexibility index (Phi) is 5.91. The average Bonchev–Trinajstić information content (AvgIpc) is 2.53. The highest BCUT2D eigenvalue weighted by Crippen LogP contribution is 2.16. The molecule has 2 rings (SSSR count). The van der Waals surface area contributed by atoms with Crippen LogP contribution in [0.15, 0.2) is 54.9 Å². The van der Waals surface area contributed by atoms with E-state index >= 15 is 0 Å². The summed E-state index contributed by atoms with van der Waals surface area (Å²) in [5, 5.41) is 2.83. The first-order chi connectivity index (χ1) is 10.3. The number of hydrogen-bond donors (Lipinski definition) is 1. The molecule has 1 aromatic heterocycles. The third kappa shape index (κ3) is 5.00. The molecule has 0 fully saturated rings. The van der Waals surface area contributed by atoms with Gasteiger partial charge in [-0.15, -0.1) is 0 Å². The number of nitrogens with zero attached hydrogens (tertiary/aromatic N) is 1. The van der Waals surface area contributed by atoms with E-state index in [0.717, 1.165) is 5.56 Å². The first-order valence-electron chi connectivity index (χ1n) is 7.18. The fourth-order valence-corrected chi connectivity index (χ4v) is 2.01. The van der Waals surface area contributed by atoms with Crippen molar-refractivity contribution in [2.24, 2.45) is 0 Å². The molecular weight excluding hydrogens is 264 g/mol. The molecule has 0 radical (unpaired) electrons. The molecule has 0 saturated heterocycles. The Morgan fingerprint density at radius 3 is 2.43 bits per heavy atom. The van der Waals surface area contributed by atoms with Crippen molar-refractivity contribution in [2.45, 2.75) is 13.5 Å². The number of hydrogen-bond acceptors (Lipinski definition) is 2. The minimum absolute atomic E-state index is 0.00726. The molecule has 0 aliphatic rings. The second kappa shape index (κ2) is 8.17. The van der Waals surface area contributed by atoms with Gasteiger partial charge in [-0.05, 0) is 18.1 Å². The van der Waals surface area contributed by atoms with E-state index in [1.165, 1.54) is 5.56 Å². The van der Waals surface area contributed by atoms with E-state index in [4.69, 9.17) is 4.74 Å². The predicted octanol–water partition coefficient (Wildman–Crippen LogP) is 1.79. The van der Waals surface area contributed by atoms with Crippen LogP contribution in [0.5, 0.6) is 0 Å². The van der Waals surface area contributed by atoms with Crippen molar-refractivity contribution in [3.8, 4) is 11.1 Å². The van der Waals surface area contributed by atoms with E-state index < -0.39 is 0 Å². The van der Waals surface area contributed by atoms with Gasteiger partial charge in [-0.3, -0.25) is 4.79 Å². The lowest BCUT2D eigenvalue weighted by molar-refractivity contribution is -0.684. The van der Waals surface area contributed by atoms with Crippen molar-refractivity contribution < 1.29 is 14.1 Å². The summed E-state index contributed by atoms with van der Waals surface area (Å²) in [7, 11) is 0. The Hall–Kier alpha value is -2.20. The van der Waals surface area contributed by atoms with E-state index in [2.05, 4.69) is 17.4 Å². The Balaban J connectivity index is 1.86. The summed E-state index contributed by atoms with van der Waals surface area (Å²) in [5.74, 6) is -0.00726. The zero-order valence-corrected chi connectivity index (χ0v) is 12.3. The summed E-state index contributed by atoms with van der Waals surface area (Å²) in [6.07, 6.45) is 3.84. The number of ether oxygens (including phenoxy) is 1. The molecule has 0 spiro atoms. The number of carbonyl (C=O) groups excluding carboxylic acids is 1. The van der Waals surface area contributed by atoms with Crippen LogP contribution in [0.1, 0.15) is 6.92 Å². The molecule has 1 N–H and O–H groups in total. The second-order valence-electron chi connectivity index (χ2n) is 4.67. The van der Waals surface area contributed by atoms with Crippen LogP contribution < -0.4 is 9.88 Å². The molecule has 2 aromatic rings. The molecule has 1 aromatic carbocycles. The Labute approximate surface area is 125 Å². The summed E-state index contributed by atoms with van der Waals surface area (Å²) in [4.78, 5) is 11.7. The highest BCUT2D eigenvalue weighted by atomic mass is 16.5. The third-order valence-corrected chi connectivity index (χ3v) is 3.10. The van der Waals surface area contributed by atoms with Gasteiger partial charge < -0.3 is 10.1 Å². The molecule has 1 amide bonds. The fourth-order valence-electron chi connectivity index (χ4n) is 2.01. The Morgan fingerprint density at radius 1 is 1.10 bits per heavy atom. The van der Waals surface area contributed by atoms with Crippen LogP contribution in [0.3, 0.4) is 0 Å². The van der Waals surface area contributed by atoms with Crippen LogP contribution in [0, 0.1) is 0 Å². The van der Waals surface area contributed by atoms with Crippen molar-refractivity contribution in [3.05, 3.63) is 54.9 Å². The summed E-state index contributed by atoms with van der Waals surface area (Å²) in [6, 6.07) is 14.2. The number of rotatable bonds is 7. The highest BCUT2D eigenvalue weighted by molar-refractivity contribution is 5.74. The molecule has 110 valence electrons. The number of aromatic nitrogens is 1. The number of amides is 1. The van der Waals surface area contributed by atoms with Crippen molar-refractivity contribution in [1.29, 1.82) is 0 Å². The van der Waals surface area contributed by atoms with Gasteiger partial charge in [-0.25, -0.2) is 0 Å². The summed E-state index contributed by atoms with van der Waals surface area (Å²) in [5.41, 5.74) is 2.31. The predicted molar refractivity (Wildman–Crippen MR) is 81.6 cm³/mol. The van der Waals surface area contributed by atoms with Gasteiger partial charge >= 0.3 is 0 Å². The van der Waals surface area contributed by atoms with E-state index in [-0.39, 0.29) is 5.91 Å². The summed E-state index contributed by atoms with van der Waals surface area (Å²) in [6.45, 7) is 4.04. The maximum absolute atomic E-state index is 11.7. The van der Waals surface area contributed by atoms with Gasteiger partial charge in [-0.1, -0.05) is 30.3 Å². The average molecular weight is 285 g/mol. The zero-order valence-electron chi connectivity index (χ0n) is 12.3. The van der Waals surface area contributed by atoms with Crippen LogP contribution in [0.25, 0.3) is 11.1 Å². The molecule has 21 heavy (non-hydrogen) atoms. The van der Waals surface area contributed by atoms with Gasteiger partial charge in [0, 0.05) is 25.3 Å². The quantitative estimate of drug-likeness (QED) is 0.622. The topological polar surface area (TPSA) is 42.2 Å². The Morgan fingerprint density at radius 2 is 1.76 bits per heavy atom. The van der Waals surface area contributed by atoms with Gasteiger partial charge in [0.05, 0.1) is 6.61 Å². The normalized spacial score (nSPS) is 10.3. The minimum Gasteiger partial charge on any atom is -0.380 e. The lowest BCUT2D eigenvalue weighted by Crippen LogP contribution is -2.43. The van der Waals surface area contributed by atoms with Gasteiger partial charge in [0.25, 0.3) is 5.91 Å². The van der Waals surface area contributed by atoms with Crippen molar-refractivity contribution in [2.75, 3.05) is 19.8 Å². The molecule has 1 heterocycles. The maximum atomic E-state index is 11.7. The largest absolute Gasteiger partial charge is 0.380 e. The molecule has 0 aliphatic carbocycles. The molecule has 0 unspecified atom stereocenters. The van der Waals surface area contributed by atoms with Crippen molar-refractivity contribution in [3.63, 3.8) is 0 Å². The third-order valence-electron chi connectivity index (χ3n) is 3.10. The molecule has 0 aliphatic heterocycles. The van der Waals surface area contributed by atoms with Crippen LogP contribution in [-0.4, -0.2) is 25.7 Å². The van der Waals surface area contributed by atoms with Gasteiger partial charge in [0.15, 0.2) is 12.4 Å². The monoisotopic (exact) mass is 285 g/mol. The van der Waals surface area contributed by atoms with Gasteiger partial charge in [0.2, 0.25) is 6.54 Å². The first kappa shape index (κ1) is 15.2. The van der Waals surface area contributed by atoms with E-state index in [1.807, 2.05) is 54.2 Å². The van der Waals surface area contributed by atoms with Crippen LogP contribution in [0.2, 0.25) is 0 Å². The Bertz CT molecular complexity index is 553. The maximum Gasteiger partial charge on any atom is 0.286 e. The number of benzene rings is 1. The number of nitrogens with one attached hydrogen (secondary N) is 1. The lowest BCUT2D eigenvalue weighted by atomic mass is 10.1. The van der Waals surface area contributed by atoms with Crippen LogP contribution in [-0.2, 0) is 16.1 Å². The second-order valence-corrected chi connectivity index (χ2v) is 4.67. The summed E-state index contributed by atoms with van der Waals surface area (Å²) < 4.78 is 7.04. The SMILES string of the molecule is CCOCCNC(=O)C[n+]1ccc(-c2ccccc2)cc1. The molecular formula is C17H21N2O2+. The molecule has 0 bridgehead atoms. The molecule has 4 heteroatoms. The van der Waals surface area contributed by atoms with E-state index in [0.29, 0.717) is 26.3 Å². The number of pyridine rings is 1. The standard InChI is InChI=1S/C17H20N2O2/c1-2-21-13-10-18-17(20)14-19-11-8-16(9-12-19)15-6-4-3-5-7-15/h3-9,11-12H,2,10,13-14H2,1H3/p+1. The minimum atomic E-state index is -0.00726. The summed E-state index contributed by atoms with van der Waals surface area (Å²) >= 11 is 0. The van der Waals surface area contributed by atoms with Gasteiger partial charge in [-0.2, -0.15) is 4.57 Å². The number of carbonyl (C=O) groups is 1. The molecule has 0 atom stereocenters. The van der Waals surface area contributed by atoms with Crippen molar-refractivity contribution in [1.82, 2.24) is 5.32 Å². The smallest absolute Gasteiger partial charge is 0.286 e. The molecule has 4 nitrogen and oxygen atoms in total. The zero-order chi connectivity index (χ0) is 14.9. The van der Waals surface area contributed by atoms with E-state index in [1.54, 1.807) is 0 Å². The molecule has 0 saturated carbocycles. The van der Waals surface area contributed by atoms with E-state index in [9.17, 15) is 4.79 Å². The fraction of sp³-hybridized carbons (Fsp3) is 0.294.